The first-order valence-corrected chi connectivity index (χ1v) is 11.8. The zero-order valence-electron chi connectivity index (χ0n) is 18.5. The van der Waals surface area contributed by atoms with Crippen LogP contribution in [0.25, 0.3) is 0 Å². The van der Waals surface area contributed by atoms with Gasteiger partial charge in [-0.1, -0.05) is 6.92 Å². The summed E-state index contributed by atoms with van der Waals surface area (Å²) in [7, 11) is 0. The number of hydrogen-bond donors (Lipinski definition) is 1. The van der Waals surface area contributed by atoms with Gasteiger partial charge in [0.1, 0.15) is 17.9 Å². The summed E-state index contributed by atoms with van der Waals surface area (Å²) in [5, 5.41) is 2.35. The van der Waals surface area contributed by atoms with E-state index in [1.807, 2.05) is 18.2 Å². The van der Waals surface area contributed by atoms with E-state index < -0.39 is 6.04 Å². The molecule has 3 amide bonds. The Labute approximate surface area is 188 Å². The molecule has 0 bridgehead atoms. The fourth-order valence-corrected chi connectivity index (χ4v) is 5.48. The van der Waals surface area contributed by atoms with Gasteiger partial charge in [-0.15, -0.1) is 0 Å². The number of piperidine rings is 1. The lowest BCUT2D eigenvalue weighted by atomic mass is 10.0. The number of nitrogens with one attached hydrogen (secondary N) is 1. The van der Waals surface area contributed by atoms with E-state index in [0.29, 0.717) is 30.5 Å². The number of ether oxygens (including phenoxy) is 2. The van der Waals surface area contributed by atoms with Crippen molar-refractivity contribution in [2.45, 2.75) is 63.8 Å². The van der Waals surface area contributed by atoms with Gasteiger partial charge in [-0.25, -0.2) is 0 Å². The molecule has 3 heterocycles. The number of hydrogen-bond acceptors (Lipinski definition) is 6. The molecular formula is C24H31N3O5. The van der Waals surface area contributed by atoms with Crippen LogP contribution in [0.4, 0.5) is 0 Å². The zero-order valence-corrected chi connectivity index (χ0v) is 18.5. The average Bonchev–Trinajstić information content (AvgIpc) is 3.32. The molecule has 8 heteroatoms. The van der Waals surface area contributed by atoms with E-state index in [2.05, 4.69) is 17.1 Å². The van der Waals surface area contributed by atoms with Crippen LogP contribution in [0, 0.1) is 5.92 Å². The Kier molecular flexibility index (Phi) is 5.90. The van der Waals surface area contributed by atoms with E-state index in [4.69, 9.17) is 9.47 Å². The standard InChI is InChI=1S/C24H31N3O5/c1-2-26(11-15-13-31-14-15)19-4-3-5-21(19)32-17-6-7-18-16(10-17)12-27(24(18)30)20-8-9-22(28)25-23(20)29/h6-7,10,15,19-21H,2-5,8-9,11-14H2,1H3,(H,25,28,29)/t19-,20?,21+/m0/s1. The summed E-state index contributed by atoms with van der Waals surface area (Å²) in [6, 6.07) is 5.44. The SMILES string of the molecule is CCN(CC1COC1)[C@H]1CCC[C@H]1Oc1ccc2c(c1)CN(C1CCC(=O)NC1=O)C2=O. The van der Waals surface area contributed by atoms with Gasteiger partial charge in [0.05, 0.1) is 13.2 Å². The largest absolute Gasteiger partial charge is 0.489 e. The summed E-state index contributed by atoms with van der Waals surface area (Å²) in [6.45, 7) is 6.35. The van der Waals surface area contributed by atoms with Crippen LogP contribution in [0.3, 0.4) is 0 Å². The Balaban J connectivity index is 1.26. The molecule has 1 unspecified atom stereocenters. The molecular weight excluding hydrogens is 410 g/mol. The van der Waals surface area contributed by atoms with Gasteiger partial charge < -0.3 is 14.4 Å². The van der Waals surface area contributed by atoms with E-state index in [1.165, 1.54) is 0 Å². The number of fused-ring (bicyclic) bond motifs is 1. The van der Waals surface area contributed by atoms with Crippen LogP contribution >= 0.6 is 0 Å². The number of imide groups is 1. The summed E-state index contributed by atoms with van der Waals surface area (Å²) in [4.78, 5) is 40.7. The van der Waals surface area contributed by atoms with E-state index in [1.54, 1.807) is 4.90 Å². The van der Waals surface area contributed by atoms with Crippen molar-refractivity contribution in [2.24, 2.45) is 5.92 Å². The second kappa shape index (κ2) is 8.83. The summed E-state index contributed by atoms with van der Waals surface area (Å²) in [6.07, 6.45) is 4.09. The minimum absolute atomic E-state index is 0.136. The first-order valence-electron chi connectivity index (χ1n) is 11.8. The molecule has 1 aliphatic carbocycles. The van der Waals surface area contributed by atoms with Gasteiger partial charge in [0.2, 0.25) is 11.8 Å². The van der Waals surface area contributed by atoms with Crippen molar-refractivity contribution < 1.29 is 23.9 Å². The maximum atomic E-state index is 12.9. The average molecular weight is 442 g/mol. The van der Waals surface area contributed by atoms with E-state index in [-0.39, 0.29) is 30.2 Å². The van der Waals surface area contributed by atoms with Gasteiger partial charge in [-0.05, 0) is 56.0 Å². The monoisotopic (exact) mass is 441 g/mol. The number of amides is 3. The van der Waals surface area contributed by atoms with Crippen LogP contribution in [0.2, 0.25) is 0 Å². The van der Waals surface area contributed by atoms with E-state index in [9.17, 15) is 14.4 Å². The van der Waals surface area contributed by atoms with Gasteiger partial charge in [0.25, 0.3) is 5.91 Å². The van der Waals surface area contributed by atoms with Crippen molar-refractivity contribution in [1.29, 1.82) is 0 Å². The third kappa shape index (κ3) is 4.01. The predicted octanol–water partition coefficient (Wildman–Crippen LogP) is 1.72. The normalized spacial score (nSPS) is 28.1. The second-order valence-electron chi connectivity index (χ2n) is 9.36. The van der Waals surface area contributed by atoms with Gasteiger partial charge in [-0.3, -0.25) is 24.6 Å². The molecule has 1 N–H and O–H groups in total. The van der Waals surface area contributed by atoms with E-state index in [0.717, 1.165) is 56.9 Å². The molecule has 0 aromatic heterocycles. The van der Waals surface area contributed by atoms with Gasteiger partial charge >= 0.3 is 0 Å². The first kappa shape index (κ1) is 21.4. The van der Waals surface area contributed by atoms with Crippen LogP contribution in [-0.4, -0.2) is 72.0 Å². The lowest BCUT2D eigenvalue weighted by Crippen LogP contribution is -2.52. The van der Waals surface area contributed by atoms with Crippen LogP contribution in [-0.2, 0) is 20.9 Å². The molecule has 32 heavy (non-hydrogen) atoms. The molecule has 1 saturated carbocycles. The highest BCUT2D eigenvalue weighted by Crippen LogP contribution is 2.33. The Hall–Kier alpha value is -2.45. The van der Waals surface area contributed by atoms with Gasteiger partial charge in [0, 0.05) is 37.0 Å². The highest BCUT2D eigenvalue weighted by molar-refractivity contribution is 6.05. The van der Waals surface area contributed by atoms with Crippen molar-refractivity contribution in [1.82, 2.24) is 15.1 Å². The van der Waals surface area contributed by atoms with Crippen LogP contribution < -0.4 is 10.1 Å². The molecule has 1 aromatic rings. The van der Waals surface area contributed by atoms with Gasteiger partial charge in [-0.2, -0.15) is 0 Å². The Morgan fingerprint density at radius 1 is 1.19 bits per heavy atom. The Morgan fingerprint density at radius 3 is 2.75 bits per heavy atom. The molecule has 3 aliphatic heterocycles. The number of carbonyl (C=O) groups is 3. The number of nitrogens with zero attached hydrogens (tertiary/aromatic N) is 2. The number of rotatable bonds is 7. The minimum atomic E-state index is -0.593. The molecule has 0 spiro atoms. The van der Waals surface area contributed by atoms with Crippen molar-refractivity contribution in [3.8, 4) is 5.75 Å². The summed E-state index contributed by atoms with van der Waals surface area (Å²) < 4.78 is 11.8. The quantitative estimate of drug-likeness (QED) is 0.649. The molecule has 3 fully saturated rings. The van der Waals surface area contributed by atoms with Gasteiger partial charge in [0.15, 0.2) is 0 Å². The fraction of sp³-hybridized carbons (Fsp3) is 0.625. The predicted molar refractivity (Wildman–Crippen MR) is 116 cm³/mol. The second-order valence-corrected chi connectivity index (χ2v) is 9.36. The summed E-state index contributed by atoms with van der Waals surface area (Å²) >= 11 is 0. The molecule has 172 valence electrons. The lowest BCUT2D eigenvalue weighted by Gasteiger charge is -2.37. The highest BCUT2D eigenvalue weighted by Gasteiger charge is 2.40. The minimum Gasteiger partial charge on any atom is -0.489 e. The molecule has 3 atom stereocenters. The lowest BCUT2D eigenvalue weighted by molar-refractivity contribution is -0.136. The number of carbonyl (C=O) groups excluding carboxylic acids is 3. The zero-order chi connectivity index (χ0) is 22.2. The molecule has 1 aromatic carbocycles. The molecule has 8 nitrogen and oxygen atoms in total. The third-order valence-corrected chi connectivity index (χ3v) is 7.28. The topological polar surface area (TPSA) is 88.2 Å². The first-order chi connectivity index (χ1) is 15.5. The van der Waals surface area contributed by atoms with E-state index >= 15 is 0 Å². The summed E-state index contributed by atoms with van der Waals surface area (Å²) in [5.74, 6) is 0.592. The number of benzene rings is 1. The highest BCUT2D eigenvalue weighted by atomic mass is 16.5. The van der Waals surface area contributed by atoms with Crippen LogP contribution in [0.1, 0.15) is 54.9 Å². The maximum Gasteiger partial charge on any atom is 0.255 e. The van der Waals surface area contributed by atoms with Crippen molar-refractivity contribution in [3.63, 3.8) is 0 Å². The molecule has 5 rings (SSSR count). The van der Waals surface area contributed by atoms with Crippen LogP contribution in [0.5, 0.6) is 5.75 Å². The Morgan fingerprint density at radius 2 is 2.03 bits per heavy atom. The number of likely N-dealkylation sites (N-methyl/N-ethyl adjacent to an activating group) is 1. The van der Waals surface area contributed by atoms with Crippen molar-refractivity contribution in [2.75, 3.05) is 26.3 Å². The molecule has 4 aliphatic rings. The fourth-order valence-electron chi connectivity index (χ4n) is 5.48. The van der Waals surface area contributed by atoms with Crippen molar-refractivity contribution >= 4 is 17.7 Å². The third-order valence-electron chi connectivity index (χ3n) is 7.28. The van der Waals surface area contributed by atoms with Crippen molar-refractivity contribution in [3.05, 3.63) is 29.3 Å². The molecule has 2 saturated heterocycles. The smallest absolute Gasteiger partial charge is 0.255 e. The van der Waals surface area contributed by atoms with Crippen LogP contribution in [0.15, 0.2) is 18.2 Å². The Bertz CT molecular complexity index is 915. The maximum absolute atomic E-state index is 12.9. The molecule has 0 radical (unpaired) electrons. The summed E-state index contributed by atoms with van der Waals surface area (Å²) in [5.41, 5.74) is 1.50.